The van der Waals surface area contributed by atoms with Gasteiger partial charge in [0.25, 0.3) is 5.91 Å². The first-order chi connectivity index (χ1) is 10.1. The van der Waals surface area contributed by atoms with Crippen molar-refractivity contribution in [2.24, 2.45) is 5.73 Å². The molecule has 0 unspecified atom stereocenters. The van der Waals surface area contributed by atoms with Gasteiger partial charge in [0, 0.05) is 25.2 Å². The summed E-state index contributed by atoms with van der Waals surface area (Å²) in [4.78, 5) is 16.6. The maximum absolute atomic E-state index is 13.6. The molecule has 0 radical (unpaired) electrons. The minimum Gasteiger partial charge on any atom is -0.337 e. The van der Waals surface area contributed by atoms with E-state index in [4.69, 9.17) is 5.73 Å². The molecule has 0 aliphatic carbocycles. The van der Waals surface area contributed by atoms with Crippen molar-refractivity contribution in [3.05, 3.63) is 35.1 Å². The van der Waals surface area contributed by atoms with Crippen LogP contribution in [-0.2, 0) is 0 Å². The summed E-state index contributed by atoms with van der Waals surface area (Å²) in [6.45, 7) is 6.66. The SMILES string of the molecule is Cc1ccc(C(=O)N2CCCN(CCCN)CC2)cc1F. The number of nitrogens with zero attached hydrogens (tertiary/aromatic N) is 2. The average Bonchev–Trinajstić information content (AvgIpc) is 2.73. The van der Waals surface area contributed by atoms with E-state index in [2.05, 4.69) is 4.90 Å². The Kier molecular flexibility index (Phi) is 5.70. The highest BCUT2D eigenvalue weighted by Crippen LogP contribution is 2.13. The van der Waals surface area contributed by atoms with Crippen LogP contribution in [0.1, 0.15) is 28.8 Å². The van der Waals surface area contributed by atoms with E-state index in [0.717, 1.165) is 39.0 Å². The Labute approximate surface area is 125 Å². The van der Waals surface area contributed by atoms with Gasteiger partial charge in [0.05, 0.1) is 0 Å². The van der Waals surface area contributed by atoms with Crippen LogP contribution in [-0.4, -0.2) is 55.0 Å². The van der Waals surface area contributed by atoms with Crippen LogP contribution in [0.4, 0.5) is 4.39 Å². The third-order valence-corrected chi connectivity index (χ3v) is 3.97. The molecule has 2 N–H and O–H groups in total. The Bertz CT molecular complexity index is 492. The number of carbonyl (C=O) groups is 1. The minimum absolute atomic E-state index is 0.0745. The molecule has 0 saturated carbocycles. The van der Waals surface area contributed by atoms with Crippen molar-refractivity contribution in [1.82, 2.24) is 9.80 Å². The van der Waals surface area contributed by atoms with Gasteiger partial charge in [0.1, 0.15) is 5.82 Å². The third-order valence-electron chi connectivity index (χ3n) is 3.97. The van der Waals surface area contributed by atoms with Crippen molar-refractivity contribution in [2.45, 2.75) is 19.8 Å². The largest absolute Gasteiger partial charge is 0.337 e. The van der Waals surface area contributed by atoms with Crippen LogP contribution in [0.2, 0.25) is 0 Å². The van der Waals surface area contributed by atoms with Crippen molar-refractivity contribution in [3.63, 3.8) is 0 Å². The molecule has 1 aliphatic heterocycles. The summed E-state index contributed by atoms with van der Waals surface area (Å²) in [5.74, 6) is -0.394. The highest BCUT2D eigenvalue weighted by atomic mass is 19.1. The molecule has 1 fully saturated rings. The van der Waals surface area contributed by atoms with Crippen molar-refractivity contribution < 1.29 is 9.18 Å². The van der Waals surface area contributed by atoms with E-state index in [0.29, 0.717) is 24.2 Å². The summed E-state index contributed by atoms with van der Waals surface area (Å²) < 4.78 is 13.6. The summed E-state index contributed by atoms with van der Waals surface area (Å²) in [6, 6.07) is 4.71. The van der Waals surface area contributed by atoms with Crippen molar-refractivity contribution in [2.75, 3.05) is 39.3 Å². The molecule has 1 aliphatic rings. The zero-order valence-electron chi connectivity index (χ0n) is 12.6. The number of rotatable bonds is 4. The second-order valence-corrected chi connectivity index (χ2v) is 5.59. The van der Waals surface area contributed by atoms with E-state index in [1.807, 2.05) is 4.90 Å². The summed E-state index contributed by atoms with van der Waals surface area (Å²) in [5.41, 5.74) is 6.54. The molecule has 4 nitrogen and oxygen atoms in total. The van der Waals surface area contributed by atoms with E-state index in [1.165, 1.54) is 6.07 Å². The number of carbonyl (C=O) groups excluding carboxylic acids is 1. The molecule has 116 valence electrons. The van der Waals surface area contributed by atoms with Gasteiger partial charge in [-0.3, -0.25) is 4.79 Å². The van der Waals surface area contributed by atoms with Crippen LogP contribution in [0.25, 0.3) is 0 Å². The fourth-order valence-corrected chi connectivity index (χ4v) is 2.62. The zero-order valence-corrected chi connectivity index (χ0v) is 12.6. The Morgan fingerprint density at radius 1 is 1.29 bits per heavy atom. The lowest BCUT2D eigenvalue weighted by Crippen LogP contribution is -2.35. The summed E-state index contributed by atoms with van der Waals surface area (Å²) in [5, 5.41) is 0. The van der Waals surface area contributed by atoms with Crippen LogP contribution in [0.15, 0.2) is 18.2 Å². The topological polar surface area (TPSA) is 49.6 Å². The average molecular weight is 293 g/mol. The molecule has 1 saturated heterocycles. The third kappa shape index (κ3) is 4.25. The first kappa shape index (κ1) is 15.9. The second kappa shape index (κ2) is 7.52. The van der Waals surface area contributed by atoms with Crippen LogP contribution in [0, 0.1) is 12.7 Å². The number of nitrogens with two attached hydrogens (primary N) is 1. The minimum atomic E-state index is -0.319. The monoisotopic (exact) mass is 293 g/mol. The van der Waals surface area contributed by atoms with E-state index in [-0.39, 0.29) is 11.7 Å². The Morgan fingerprint density at radius 2 is 2.10 bits per heavy atom. The molecule has 0 bridgehead atoms. The molecular formula is C16H24FN3O. The van der Waals surface area contributed by atoms with E-state index in [9.17, 15) is 9.18 Å². The van der Waals surface area contributed by atoms with Gasteiger partial charge in [-0.25, -0.2) is 4.39 Å². The molecule has 2 rings (SSSR count). The summed E-state index contributed by atoms with van der Waals surface area (Å²) >= 11 is 0. The van der Waals surface area contributed by atoms with Gasteiger partial charge in [0.2, 0.25) is 0 Å². The predicted molar refractivity (Wildman–Crippen MR) is 81.8 cm³/mol. The van der Waals surface area contributed by atoms with Gasteiger partial charge in [-0.15, -0.1) is 0 Å². The van der Waals surface area contributed by atoms with Crippen LogP contribution in [0.5, 0.6) is 0 Å². The van der Waals surface area contributed by atoms with E-state index >= 15 is 0 Å². The molecule has 1 amide bonds. The Hall–Kier alpha value is -1.46. The highest BCUT2D eigenvalue weighted by Gasteiger charge is 2.20. The molecule has 5 heteroatoms. The van der Waals surface area contributed by atoms with Crippen molar-refractivity contribution >= 4 is 5.91 Å². The van der Waals surface area contributed by atoms with Gasteiger partial charge in [-0.05, 0) is 57.1 Å². The lowest BCUT2D eigenvalue weighted by Gasteiger charge is -2.22. The first-order valence-electron chi connectivity index (χ1n) is 7.59. The number of amides is 1. The van der Waals surface area contributed by atoms with Gasteiger partial charge >= 0.3 is 0 Å². The Morgan fingerprint density at radius 3 is 2.81 bits per heavy atom. The molecule has 0 aromatic heterocycles. The fraction of sp³-hybridized carbons (Fsp3) is 0.562. The lowest BCUT2D eigenvalue weighted by atomic mass is 10.1. The van der Waals surface area contributed by atoms with E-state index in [1.54, 1.807) is 19.1 Å². The van der Waals surface area contributed by atoms with Crippen molar-refractivity contribution in [3.8, 4) is 0 Å². The van der Waals surface area contributed by atoms with E-state index < -0.39 is 0 Å². The zero-order chi connectivity index (χ0) is 15.2. The first-order valence-corrected chi connectivity index (χ1v) is 7.59. The quantitative estimate of drug-likeness (QED) is 0.918. The summed E-state index contributed by atoms with van der Waals surface area (Å²) in [6.07, 6.45) is 1.93. The highest BCUT2D eigenvalue weighted by molar-refractivity contribution is 5.94. The molecule has 1 aromatic rings. The Balaban J connectivity index is 1.98. The number of aryl methyl sites for hydroxylation is 1. The predicted octanol–water partition coefficient (Wildman–Crippen LogP) is 1.63. The van der Waals surface area contributed by atoms with Gasteiger partial charge in [-0.1, -0.05) is 6.07 Å². The molecule has 1 aromatic carbocycles. The fourth-order valence-electron chi connectivity index (χ4n) is 2.62. The number of hydrogen-bond donors (Lipinski definition) is 1. The lowest BCUT2D eigenvalue weighted by molar-refractivity contribution is 0.0761. The molecule has 0 spiro atoms. The van der Waals surface area contributed by atoms with Gasteiger partial charge in [0.15, 0.2) is 0 Å². The second-order valence-electron chi connectivity index (χ2n) is 5.59. The van der Waals surface area contributed by atoms with Crippen LogP contribution >= 0.6 is 0 Å². The molecular weight excluding hydrogens is 269 g/mol. The van der Waals surface area contributed by atoms with Crippen LogP contribution < -0.4 is 5.73 Å². The standard InChI is InChI=1S/C16H24FN3O/c1-13-4-5-14(12-15(13)17)16(21)20-9-3-8-19(10-11-20)7-2-6-18/h4-5,12H,2-3,6-11,18H2,1H3. The van der Waals surface area contributed by atoms with Crippen molar-refractivity contribution in [1.29, 1.82) is 0 Å². The number of hydrogen-bond acceptors (Lipinski definition) is 3. The maximum Gasteiger partial charge on any atom is 0.254 e. The molecule has 21 heavy (non-hydrogen) atoms. The molecule has 0 atom stereocenters. The summed E-state index contributed by atoms with van der Waals surface area (Å²) in [7, 11) is 0. The molecule has 1 heterocycles. The van der Waals surface area contributed by atoms with Gasteiger partial charge in [-0.2, -0.15) is 0 Å². The van der Waals surface area contributed by atoms with Crippen LogP contribution in [0.3, 0.4) is 0 Å². The number of benzene rings is 1. The smallest absolute Gasteiger partial charge is 0.254 e. The number of halogens is 1. The normalized spacial score (nSPS) is 16.8. The maximum atomic E-state index is 13.6. The van der Waals surface area contributed by atoms with Gasteiger partial charge < -0.3 is 15.5 Å².